The fraction of sp³-hybridized carbons (Fsp3) is 0.682. The number of nitrogens with one attached hydrogen (secondary N) is 2. The van der Waals surface area contributed by atoms with E-state index in [0.29, 0.717) is 24.7 Å². The van der Waals surface area contributed by atoms with Crippen molar-refractivity contribution in [3.05, 3.63) is 39.9 Å². The summed E-state index contributed by atoms with van der Waals surface area (Å²) in [6.07, 6.45) is 8.53. The van der Waals surface area contributed by atoms with Crippen LogP contribution in [-0.4, -0.2) is 47.0 Å². The molecule has 29 heavy (non-hydrogen) atoms. The Morgan fingerprint density at radius 3 is 2.21 bits per heavy atom. The first-order valence-electron chi connectivity index (χ1n) is 11.1. The number of non-ortho nitro benzene ring substituents is 1. The molecule has 0 spiro atoms. The summed E-state index contributed by atoms with van der Waals surface area (Å²) in [5, 5.41) is 18.2. The van der Waals surface area contributed by atoms with Gasteiger partial charge in [0.1, 0.15) is 0 Å². The van der Waals surface area contributed by atoms with Gasteiger partial charge in [0.05, 0.1) is 11.5 Å². The van der Waals surface area contributed by atoms with Crippen LogP contribution in [0.2, 0.25) is 0 Å². The molecule has 1 aliphatic carbocycles. The number of hydrogen-bond acceptors (Lipinski definition) is 4. The number of guanidine groups is 1. The van der Waals surface area contributed by atoms with Gasteiger partial charge in [-0.2, -0.15) is 0 Å². The molecule has 1 heterocycles. The highest BCUT2D eigenvalue weighted by atomic mass is 16.6. The number of hydrogen-bond donors (Lipinski definition) is 2. The predicted octanol–water partition coefficient (Wildman–Crippen LogP) is 3.84. The summed E-state index contributed by atoms with van der Waals surface area (Å²) in [6, 6.07) is 8.22. The van der Waals surface area contributed by atoms with Gasteiger partial charge < -0.3 is 15.5 Å². The number of piperidine rings is 1. The lowest BCUT2D eigenvalue weighted by molar-refractivity contribution is -0.384. The van der Waals surface area contributed by atoms with Crippen molar-refractivity contribution in [1.29, 1.82) is 0 Å². The molecule has 2 aliphatic rings. The van der Waals surface area contributed by atoms with Gasteiger partial charge in [0.2, 0.25) is 0 Å². The molecule has 1 saturated carbocycles. The zero-order valence-corrected chi connectivity index (χ0v) is 17.8. The van der Waals surface area contributed by atoms with Crippen LogP contribution in [0.25, 0.3) is 0 Å². The van der Waals surface area contributed by atoms with Crippen molar-refractivity contribution in [2.45, 2.75) is 83.5 Å². The van der Waals surface area contributed by atoms with Gasteiger partial charge in [-0.15, -0.1) is 0 Å². The van der Waals surface area contributed by atoms with Crippen LogP contribution in [0.1, 0.15) is 64.4 Å². The Bertz CT molecular complexity index is 675. The Kier molecular flexibility index (Phi) is 7.86. The molecule has 0 atom stereocenters. The Hall–Kier alpha value is -2.15. The van der Waals surface area contributed by atoms with Crippen LogP contribution < -0.4 is 10.6 Å². The van der Waals surface area contributed by atoms with E-state index in [-0.39, 0.29) is 10.6 Å². The van der Waals surface area contributed by atoms with Gasteiger partial charge in [0, 0.05) is 43.3 Å². The number of nitrogens with zero attached hydrogens (tertiary/aromatic N) is 3. The van der Waals surface area contributed by atoms with E-state index in [9.17, 15) is 10.1 Å². The molecule has 0 aromatic heterocycles. The molecule has 2 fully saturated rings. The predicted molar refractivity (Wildman–Crippen MR) is 117 cm³/mol. The Morgan fingerprint density at radius 2 is 1.66 bits per heavy atom. The Morgan fingerprint density at radius 1 is 1.07 bits per heavy atom. The van der Waals surface area contributed by atoms with Gasteiger partial charge in [0.25, 0.3) is 5.69 Å². The average molecular weight is 402 g/mol. The molecule has 0 amide bonds. The van der Waals surface area contributed by atoms with Gasteiger partial charge >= 0.3 is 0 Å². The molecular weight excluding hydrogens is 366 g/mol. The normalized spacial score (nSPS) is 20.0. The van der Waals surface area contributed by atoms with E-state index in [4.69, 9.17) is 4.99 Å². The zero-order valence-electron chi connectivity index (χ0n) is 17.8. The first-order valence-corrected chi connectivity index (χ1v) is 11.1. The Labute approximate surface area is 174 Å². The lowest BCUT2D eigenvalue weighted by atomic mass is 9.95. The average Bonchev–Trinajstić information content (AvgIpc) is 2.73. The molecule has 160 valence electrons. The van der Waals surface area contributed by atoms with Crippen molar-refractivity contribution >= 4 is 11.6 Å². The summed E-state index contributed by atoms with van der Waals surface area (Å²) in [5.41, 5.74) is 1.10. The Balaban J connectivity index is 1.62. The van der Waals surface area contributed by atoms with E-state index in [1.54, 1.807) is 24.3 Å². The number of rotatable bonds is 6. The number of aliphatic imine (C=N–C) groups is 1. The fourth-order valence-corrected chi connectivity index (χ4v) is 4.22. The van der Waals surface area contributed by atoms with Crippen molar-refractivity contribution < 1.29 is 4.92 Å². The van der Waals surface area contributed by atoms with Gasteiger partial charge in [-0.25, -0.2) is 4.99 Å². The largest absolute Gasteiger partial charge is 0.354 e. The smallest absolute Gasteiger partial charge is 0.269 e. The minimum Gasteiger partial charge on any atom is -0.354 e. The maximum absolute atomic E-state index is 10.8. The van der Waals surface area contributed by atoms with Crippen molar-refractivity contribution in [3.8, 4) is 0 Å². The first kappa shape index (κ1) is 21.6. The monoisotopic (exact) mass is 401 g/mol. The second kappa shape index (κ2) is 10.6. The van der Waals surface area contributed by atoms with E-state index < -0.39 is 0 Å². The van der Waals surface area contributed by atoms with Crippen LogP contribution in [0, 0.1) is 10.1 Å². The van der Waals surface area contributed by atoms with Crippen molar-refractivity contribution in [1.82, 2.24) is 15.5 Å². The van der Waals surface area contributed by atoms with Crippen LogP contribution in [0.5, 0.6) is 0 Å². The van der Waals surface area contributed by atoms with E-state index in [1.807, 2.05) is 0 Å². The van der Waals surface area contributed by atoms with Crippen molar-refractivity contribution in [2.24, 2.45) is 4.99 Å². The summed E-state index contributed by atoms with van der Waals surface area (Å²) < 4.78 is 0. The SMILES string of the molecule is CC(C)N1CCC(NC(=NCc2ccc([N+](=O)[O-])cc2)NC2CCCCC2)CC1. The third-order valence-electron chi connectivity index (χ3n) is 6.11. The fourth-order valence-electron chi connectivity index (χ4n) is 4.22. The van der Waals surface area contributed by atoms with Crippen molar-refractivity contribution in [3.63, 3.8) is 0 Å². The number of likely N-dealkylation sites (tertiary alicyclic amines) is 1. The van der Waals surface area contributed by atoms with E-state index >= 15 is 0 Å². The summed E-state index contributed by atoms with van der Waals surface area (Å²) in [4.78, 5) is 17.8. The quantitative estimate of drug-likeness (QED) is 0.328. The molecule has 0 bridgehead atoms. The van der Waals surface area contributed by atoms with Gasteiger partial charge in [-0.3, -0.25) is 10.1 Å². The van der Waals surface area contributed by atoms with E-state index in [1.165, 1.54) is 32.1 Å². The van der Waals surface area contributed by atoms with Gasteiger partial charge in [-0.1, -0.05) is 31.4 Å². The zero-order chi connectivity index (χ0) is 20.6. The molecule has 1 saturated heterocycles. The molecule has 7 heteroatoms. The first-order chi connectivity index (χ1) is 14.0. The molecule has 0 unspecified atom stereocenters. The summed E-state index contributed by atoms with van der Waals surface area (Å²) in [5.74, 6) is 0.887. The van der Waals surface area contributed by atoms with Crippen LogP contribution >= 0.6 is 0 Å². The molecule has 3 rings (SSSR count). The van der Waals surface area contributed by atoms with Gasteiger partial charge in [0.15, 0.2) is 5.96 Å². The molecule has 1 aromatic rings. The van der Waals surface area contributed by atoms with Crippen LogP contribution in [-0.2, 0) is 6.54 Å². The molecule has 2 N–H and O–H groups in total. The van der Waals surface area contributed by atoms with Crippen LogP contribution in [0.4, 0.5) is 5.69 Å². The highest BCUT2D eigenvalue weighted by Gasteiger charge is 2.22. The number of nitro benzene ring substituents is 1. The highest BCUT2D eigenvalue weighted by Crippen LogP contribution is 2.18. The van der Waals surface area contributed by atoms with Crippen molar-refractivity contribution in [2.75, 3.05) is 13.1 Å². The summed E-state index contributed by atoms with van der Waals surface area (Å²) in [6.45, 7) is 7.28. The number of benzene rings is 1. The van der Waals surface area contributed by atoms with Gasteiger partial charge in [-0.05, 0) is 45.1 Å². The summed E-state index contributed by atoms with van der Waals surface area (Å²) >= 11 is 0. The van der Waals surface area contributed by atoms with E-state index in [0.717, 1.165) is 37.5 Å². The second-order valence-electron chi connectivity index (χ2n) is 8.62. The lowest BCUT2D eigenvalue weighted by Crippen LogP contribution is -2.52. The maximum atomic E-state index is 10.8. The van der Waals surface area contributed by atoms with Crippen LogP contribution in [0.3, 0.4) is 0 Å². The summed E-state index contributed by atoms with van der Waals surface area (Å²) in [7, 11) is 0. The second-order valence-corrected chi connectivity index (χ2v) is 8.62. The molecule has 1 aromatic carbocycles. The number of nitro groups is 1. The van der Waals surface area contributed by atoms with E-state index in [2.05, 4.69) is 29.4 Å². The third-order valence-corrected chi connectivity index (χ3v) is 6.11. The van der Waals surface area contributed by atoms with Crippen LogP contribution in [0.15, 0.2) is 29.3 Å². The minimum absolute atomic E-state index is 0.119. The molecule has 1 aliphatic heterocycles. The molecule has 7 nitrogen and oxygen atoms in total. The molecular formula is C22H35N5O2. The molecule has 0 radical (unpaired) electrons. The minimum atomic E-state index is -0.367. The highest BCUT2D eigenvalue weighted by molar-refractivity contribution is 5.80. The lowest BCUT2D eigenvalue weighted by Gasteiger charge is -2.36. The maximum Gasteiger partial charge on any atom is 0.269 e. The third kappa shape index (κ3) is 6.70. The topological polar surface area (TPSA) is 82.8 Å². The standard InChI is InChI=1S/C22H35N5O2/c1-17(2)26-14-12-20(13-15-26)25-22(24-19-6-4-3-5-7-19)23-16-18-8-10-21(11-9-18)27(28)29/h8-11,17,19-20H,3-7,12-16H2,1-2H3,(H2,23,24,25).